The molecule has 0 aliphatic heterocycles. The van der Waals surface area contributed by atoms with E-state index in [1.54, 1.807) is 0 Å². The maximum Gasteiger partial charge on any atom is 0.229 e. The Bertz CT molecular complexity index is 288. The third kappa shape index (κ3) is 2.80. The Morgan fingerprint density at radius 1 is 1.13 bits per heavy atom. The molecule has 15 heavy (non-hydrogen) atoms. The van der Waals surface area contributed by atoms with Crippen molar-refractivity contribution < 1.29 is 4.52 Å². The van der Waals surface area contributed by atoms with Crippen molar-refractivity contribution in [2.45, 2.75) is 64.2 Å². The lowest BCUT2D eigenvalue weighted by Crippen LogP contribution is -2.02. The van der Waals surface area contributed by atoms with E-state index in [0.717, 1.165) is 18.1 Å². The van der Waals surface area contributed by atoms with E-state index in [4.69, 9.17) is 4.52 Å². The summed E-state index contributed by atoms with van der Waals surface area (Å²) >= 11 is 0. The molecule has 1 heterocycles. The van der Waals surface area contributed by atoms with Gasteiger partial charge in [0.1, 0.15) is 0 Å². The van der Waals surface area contributed by atoms with Gasteiger partial charge in [-0.25, -0.2) is 0 Å². The zero-order valence-corrected chi connectivity index (χ0v) is 9.54. The minimum Gasteiger partial charge on any atom is -0.339 e. The fourth-order valence-electron chi connectivity index (χ4n) is 2.28. The Morgan fingerprint density at radius 2 is 1.80 bits per heavy atom. The summed E-state index contributed by atoms with van der Waals surface area (Å²) in [5, 5.41) is 3.98. The van der Waals surface area contributed by atoms with Gasteiger partial charge in [-0.1, -0.05) is 44.2 Å². The highest BCUT2D eigenvalue weighted by Crippen LogP contribution is 2.29. The van der Waals surface area contributed by atoms with Gasteiger partial charge in [0.25, 0.3) is 0 Å². The molecule has 0 aromatic carbocycles. The van der Waals surface area contributed by atoms with Crippen LogP contribution >= 0.6 is 0 Å². The standard InChI is InChI=1S/C12H20N2O/c1-2-11-13-12(15-14-11)10-8-6-4-3-5-7-9-10/h10H,2-9H2,1H3. The molecular weight excluding hydrogens is 188 g/mol. The quantitative estimate of drug-likeness (QED) is 0.747. The molecule has 1 aromatic rings. The van der Waals surface area contributed by atoms with E-state index in [0.29, 0.717) is 5.92 Å². The van der Waals surface area contributed by atoms with Gasteiger partial charge in [-0.3, -0.25) is 0 Å². The molecule has 84 valence electrons. The van der Waals surface area contributed by atoms with Crippen molar-refractivity contribution in [2.24, 2.45) is 0 Å². The largest absolute Gasteiger partial charge is 0.339 e. The predicted octanol–water partition coefficient (Wildman–Crippen LogP) is 3.46. The number of hydrogen-bond donors (Lipinski definition) is 0. The fraction of sp³-hybridized carbons (Fsp3) is 0.833. The Labute approximate surface area is 91.3 Å². The smallest absolute Gasteiger partial charge is 0.229 e. The summed E-state index contributed by atoms with van der Waals surface area (Å²) in [6.07, 6.45) is 10.1. The van der Waals surface area contributed by atoms with Crippen molar-refractivity contribution in [2.75, 3.05) is 0 Å². The molecule has 3 heteroatoms. The average Bonchev–Trinajstić information content (AvgIpc) is 2.65. The van der Waals surface area contributed by atoms with Gasteiger partial charge in [0.2, 0.25) is 5.89 Å². The van der Waals surface area contributed by atoms with Crippen molar-refractivity contribution in [3.8, 4) is 0 Å². The van der Waals surface area contributed by atoms with Gasteiger partial charge in [0, 0.05) is 12.3 Å². The number of nitrogens with zero attached hydrogens (tertiary/aromatic N) is 2. The van der Waals surface area contributed by atoms with Crippen molar-refractivity contribution in [3.05, 3.63) is 11.7 Å². The average molecular weight is 208 g/mol. The normalized spacial score (nSPS) is 19.8. The molecule has 1 aromatic heterocycles. The van der Waals surface area contributed by atoms with Crippen LogP contribution in [0.15, 0.2) is 4.52 Å². The predicted molar refractivity (Wildman–Crippen MR) is 58.7 cm³/mol. The molecule has 0 spiro atoms. The van der Waals surface area contributed by atoms with Crippen LogP contribution < -0.4 is 0 Å². The lowest BCUT2D eigenvalue weighted by atomic mass is 9.91. The molecular formula is C12H20N2O. The Morgan fingerprint density at radius 3 is 2.40 bits per heavy atom. The third-order valence-corrected chi connectivity index (χ3v) is 3.25. The molecule has 0 amide bonds. The van der Waals surface area contributed by atoms with Gasteiger partial charge in [-0.2, -0.15) is 4.98 Å². The van der Waals surface area contributed by atoms with E-state index in [1.807, 2.05) is 0 Å². The van der Waals surface area contributed by atoms with Gasteiger partial charge < -0.3 is 4.52 Å². The van der Waals surface area contributed by atoms with E-state index in [2.05, 4.69) is 17.1 Å². The molecule has 1 saturated carbocycles. The lowest BCUT2D eigenvalue weighted by molar-refractivity contribution is 0.320. The van der Waals surface area contributed by atoms with E-state index >= 15 is 0 Å². The maximum atomic E-state index is 5.33. The van der Waals surface area contributed by atoms with Crippen LogP contribution in [0.3, 0.4) is 0 Å². The van der Waals surface area contributed by atoms with Gasteiger partial charge >= 0.3 is 0 Å². The molecule has 0 unspecified atom stereocenters. The van der Waals surface area contributed by atoms with Gasteiger partial charge in [0.05, 0.1) is 0 Å². The second-order valence-corrected chi connectivity index (χ2v) is 4.44. The molecule has 2 rings (SSSR count). The molecule has 1 aliphatic rings. The van der Waals surface area contributed by atoms with Crippen molar-refractivity contribution in [1.29, 1.82) is 0 Å². The van der Waals surface area contributed by atoms with Gasteiger partial charge in [0.15, 0.2) is 5.82 Å². The van der Waals surface area contributed by atoms with Crippen LogP contribution in [0.1, 0.15) is 69.5 Å². The summed E-state index contributed by atoms with van der Waals surface area (Å²) < 4.78 is 5.33. The highest BCUT2D eigenvalue weighted by molar-refractivity contribution is 4.94. The molecule has 3 nitrogen and oxygen atoms in total. The molecule has 0 saturated heterocycles. The van der Waals surface area contributed by atoms with Crippen LogP contribution in [-0.2, 0) is 6.42 Å². The number of aryl methyl sites for hydroxylation is 1. The molecule has 0 atom stereocenters. The summed E-state index contributed by atoms with van der Waals surface area (Å²) in [4.78, 5) is 4.45. The van der Waals surface area contributed by atoms with E-state index in [-0.39, 0.29) is 0 Å². The zero-order chi connectivity index (χ0) is 10.5. The first-order valence-corrected chi connectivity index (χ1v) is 6.22. The maximum absolute atomic E-state index is 5.33. The highest BCUT2D eigenvalue weighted by atomic mass is 16.5. The van der Waals surface area contributed by atoms with Crippen molar-refractivity contribution in [3.63, 3.8) is 0 Å². The first-order chi connectivity index (χ1) is 7.40. The summed E-state index contributed by atoms with van der Waals surface area (Å²) in [6.45, 7) is 2.06. The monoisotopic (exact) mass is 208 g/mol. The van der Waals surface area contributed by atoms with Crippen molar-refractivity contribution in [1.82, 2.24) is 10.1 Å². The second kappa shape index (κ2) is 5.29. The number of hydrogen-bond acceptors (Lipinski definition) is 3. The summed E-state index contributed by atoms with van der Waals surface area (Å²) in [6, 6.07) is 0. The molecule has 0 N–H and O–H groups in total. The van der Waals surface area contributed by atoms with E-state index in [1.165, 1.54) is 44.9 Å². The van der Waals surface area contributed by atoms with Crippen LogP contribution in [0.2, 0.25) is 0 Å². The van der Waals surface area contributed by atoms with Crippen molar-refractivity contribution >= 4 is 0 Å². The Kier molecular flexibility index (Phi) is 3.75. The van der Waals surface area contributed by atoms with Gasteiger partial charge in [-0.15, -0.1) is 0 Å². The first-order valence-electron chi connectivity index (χ1n) is 6.22. The first kappa shape index (κ1) is 10.7. The molecule has 1 fully saturated rings. The Hall–Kier alpha value is -0.860. The van der Waals surface area contributed by atoms with Crippen LogP contribution in [0, 0.1) is 0 Å². The van der Waals surface area contributed by atoms with Gasteiger partial charge in [-0.05, 0) is 12.8 Å². The van der Waals surface area contributed by atoms with Crippen LogP contribution in [0.5, 0.6) is 0 Å². The third-order valence-electron chi connectivity index (χ3n) is 3.25. The molecule has 0 radical (unpaired) electrons. The van der Waals surface area contributed by atoms with Crippen LogP contribution in [0.25, 0.3) is 0 Å². The lowest BCUT2D eigenvalue weighted by Gasteiger charge is -2.15. The fourth-order valence-corrected chi connectivity index (χ4v) is 2.28. The minimum absolute atomic E-state index is 0.526. The zero-order valence-electron chi connectivity index (χ0n) is 9.54. The SMILES string of the molecule is CCc1noc(C2CCCCCCC2)n1. The summed E-state index contributed by atoms with van der Waals surface area (Å²) in [7, 11) is 0. The molecule has 1 aliphatic carbocycles. The number of aromatic nitrogens is 2. The Balaban J connectivity index is 2.00. The summed E-state index contributed by atoms with van der Waals surface area (Å²) in [5.41, 5.74) is 0. The van der Waals surface area contributed by atoms with Crippen LogP contribution in [-0.4, -0.2) is 10.1 Å². The highest BCUT2D eigenvalue weighted by Gasteiger charge is 2.19. The van der Waals surface area contributed by atoms with E-state index < -0.39 is 0 Å². The topological polar surface area (TPSA) is 38.9 Å². The molecule has 0 bridgehead atoms. The number of rotatable bonds is 2. The van der Waals surface area contributed by atoms with Crippen LogP contribution in [0.4, 0.5) is 0 Å². The summed E-state index contributed by atoms with van der Waals surface area (Å²) in [5.74, 6) is 2.26. The second-order valence-electron chi connectivity index (χ2n) is 4.44. The van der Waals surface area contributed by atoms with E-state index in [9.17, 15) is 0 Å². The minimum atomic E-state index is 0.526.